The zero-order valence-corrected chi connectivity index (χ0v) is 13.3. The van der Waals surface area contributed by atoms with E-state index in [1.807, 2.05) is 0 Å². The quantitative estimate of drug-likeness (QED) is 0.794. The van der Waals surface area contributed by atoms with Crippen molar-refractivity contribution in [2.45, 2.75) is 37.8 Å². The van der Waals surface area contributed by atoms with Crippen LogP contribution in [-0.4, -0.2) is 41.4 Å². The van der Waals surface area contributed by atoms with Crippen LogP contribution in [0.5, 0.6) is 5.75 Å². The molecule has 1 spiro atoms. The second-order valence-corrected chi connectivity index (χ2v) is 6.03. The molecule has 0 radical (unpaired) electrons. The normalized spacial score (nSPS) is 18.8. The van der Waals surface area contributed by atoms with Gasteiger partial charge in [0.1, 0.15) is 17.8 Å². The van der Waals surface area contributed by atoms with Crippen molar-refractivity contribution in [1.29, 1.82) is 0 Å². The minimum Gasteiger partial charge on any atom is -0.433 e. The fourth-order valence-corrected chi connectivity index (χ4v) is 3.24. The molecule has 1 saturated heterocycles. The van der Waals surface area contributed by atoms with Crippen LogP contribution in [0, 0.1) is 0 Å². The fraction of sp³-hybridized carbons (Fsp3) is 0.438. The molecule has 134 valence electrons. The van der Waals surface area contributed by atoms with E-state index in [1.54, 1.807) is 0 Å². The Morgan fingerprint density at radius 3 is 2.64 bits per heavy atom. The predicted molar refractivity (Wildman–Crippen MR) is 83.1 cm³/mol. The lowest BCUT2D eigenvalue weighted by Gasteiger charge is -2.20. The standard InChI is InChI=1S/C16H17F2N3O4/c17-14(18)25-11-6-2-1-5-10(11)19-12(22)9-21-13(23)16(20-15(21)24)7-3-4-8-16/h1-2,5-6,14H,3-4,7-9H2,(H,19,22)(H,20,24). The number of rotatable bonds is 5. The largest absolute Gasteiger partial charge is 0.433 e. The highest BCUT2D eigenvalue weighted by Gasteiger charge is 2.52. The van der Waals surface area contributed by atoms with Crippen LogP contribution in [0.2, 0.25) is 0 Å². The molecule has 25 heavy (non-hydrogen) atoms. The first-order chi connectivity index (χ1) is 11.9. The number of anilines is 1. The zero-order valence-electron chi connectivity index (χ0n) is 13.3. The summed E-state index contributed by atoms with van der Waals surface area (Å²) in [6, 6.07) is 5.08. The van der Waals surface area contributed by atoms with Crippen molar-refractivity contribution in [3.05, 3.63) is 24.3 Å². The van der Waals surface area contributed by atoms with Crippen molar-refractivity contribution < 1.29 is 27.9 Å². The average Bonchev–Trinajstić information content (AvgIpc) is 3.10. The van der Waals surface area contributed by atoms with Gasteiger partial charge in [0, 0.05) is 0 Å². The topological polar surface area (TPSA) is 87.7 Å². The lowest BCUT2D eigenvalue weighted by molar-refractivity contribution is -0.133. The Balaban J connectivity index is 1.67. The molecule has 0 atom stereocenters. The summed E-state index contributed by atoms with van der Waals surface area (Å²) >= 11 is 0. The number of halogens is 2. The molecular weight excluding hydrogens is 336 g/mol. The summed E-state index contributed by atoms with van der Waals surface area (Å²) in [4.78, 5) is 37.5. The van der Waals surface area contributed by atoms with Crippen LogP contribution in [0.15, 0.2) is 24.3 Å². The van der Waals surface area contributed by atoms with Gasteiger partial charge < -0.3 is 15.4 Å². The smallest absolute Gasteiger partial charge is 0.387 e. The van der Waals surface area contributed by atoms with Gasteiger partial charge in [-0.2, -0.15) is 8.78 Å². The highest BCUT2D eigenvalue weighted by Crippen LogP contribution is 2.35. The van der Waals surface area contributed by atoms with Gasteiger partial charge in [-0.25, -0.2) is 4.79 Å². The summed E-state index contributed by atoms with van der Waals surface area (Å²) < 4.78 is 29.1. The molecule has 9 heteroatoms. The van der Waals surface area contributed by atoms with Crippen molar-refractivity contribution in [2.24, 2.45) is 0 Å². The van der Waals surface area contributed by atoms with Crippen LogP contribution in [0.25, 0.3) is 0 Å². The highest BCUT2D eigenvalue weighted by atomic mass is 19.3. The summed E-state index contributed by atoms with van der Waals surface area (Å²) in [5, 5.41) is 5.06. The van der Waals surface area contributed by atoms with Gasteiger partial charge in [0.15, 0.2) is 0 Å². The van der Waals surface area contributed by atoms with Gasteiger partial charge in [-0.3, -0.25) is 14.5 Å². The van der Waals surface area contributed by atoms with E-state index >= 15 is 0 Å². The molecule has 4 amide bonds. The molecule has 2 N–H and O–H groups in total. The number of nitrogens with one attached hydrogen (secondary N) is 2. The van der Waals surface area contributed by atoms with Crippen LogP contribution in [-0.2, 0) is 9.59 Å². The van der Waals surface area contributed by atoms with E-state index in [0.29, 0.717) is 12.8 Å². The molecule has 2 aliphatic rings. The molecule has 1 aromatic rings. The molecule has 1 saturated carbocycles. The van der Waals surface area contributed by atoms with Gasteiger partial charge in [0.2, 0.25) is 5.91 Å². The number of para-hydroxylation sites is 2. The molecule has 0 unspecified atom stereocenters. The molecule has 1 aliphatic heterocycles. The minimum atomic E-state index is -3.04. The maximum Gasteiger partial charge on any atom is 0.387 e. The molecule has 1 aliphatic carbocycles. The first kappa shape index (κ1) is 17.1. The summed E-state index contributed by atoms with van der Waals surface area (Å²) in [6.07, 6.45) is 2.79. The number of carbonyl (C=O) groups is 3. The average molecular weight is 353 g/mol. The Kier molecular flexibility index (Phi) is 4.56. The number of nitrogens with zero attached hydrogens (tertiary/aromatic N) is 1. The molecule has 2 fully saturated rings. The minimum absolute atomic E-state index is 0.0374. The molecular formula is C16H17F2N3O4. The van der Waals surface area contributed by atoms with E-state index in [1.165, 1.54) is 24.3 Å². The number of ether oxygens (including phenoxy) is 1. The van der Waals surface area contributed by atoms with Gasteiger partial charge >= 0.3 is 12.6 Å². The van der Waals surface area contributed by atoms with Crippen molar-refractivity contribution >= 4 is 23.5 Å². The fourth-order valence-electron chi connectivity index (χ4n) is 3.24. The summed E-state index contributed by atoms with van der Waals surface area (Å²) in [5.74, 6) is -1.29. The summed E-state index contributed by atoms with van der Waals surface area (Å²) in [5.41, 5.74) is -0.857. The maximum atomic E-state index is 12.5. The SMILES string of the molecule is O=C(CN1C(=O)NC2(CCCC2)C1=O)Nc1ccccc1OC(F)F. The first-order valence-electron chi connectivity index (χ1n) is 7.89. The lowest BCUT2D eigenvalue weighted by atomic mass is 9.98. The summed E-state index contributed by atoms with van der Waals surface area (Å²) in [6.45, 7) is -3.53. The summed E-state index contributed by atoms with van der Waals surface area (Å²) in [7, 11) is 0. The van der Waals surface area contributed by atoms with Gasteiger partial charge in [-0.15, -0.1) is 0 Å². The second kappa shape index (κ2) is 6.66. The van der Waals surface area contributed by atoms with Gasteiger partial charge in [0.25, 0.3) is 5.91 Å². The number of hydrogen-bond donors (Lipinski definition) is 2. The van der Waals surface area contributed by atoms with Gasteiger partial charge in [0.05, 0.1) is 5.69 Å². The van der Waals surface area contributed by atoms with E-state index in [2.05, 4.69) is 15.4 Å². The third-order valence-electron chi connectivity index (χ3n) is 4.38. The molecule has 7 nitrogen and oxygen atoms in total. The number of imide groups is 1. The second-order valence-electron chi connectivity index (χ2n) is 6.03. The number of hydrogen-bond acceptors (Lipinski definition) is 4. The Labute approximate surface area is 142 Å². The van der Waals surface area contributed by atoms with Gasteiger partial charge in [-0.05, 0) is 25.0 Å². The number of benzene rings is 1. The number of amides is 4. The van der Waals surface area contributed by atoms with Crippen LogP contribution >= 0.6 is 0 Å². The molecule has 0 bridgehead atoms. The van der Waals surface area contributed by atoms with Crippen LogP contribution < -0.4 is 15.4 Å². The first-order valence-corrected chi connectivity index (χ1v) is 7.89. The van der Waals surface area contributed by atoms with Crippen molar-refractivity contribution in [1.82, 2.24) is 10.2 Å². The predicted octanol–water partition coefficient (Wildman–Crippen LogP) is 2.09. The number of alkyl halides is 2. The van der Waals surface area contributed by atoms with Crippen LogP contribution in [0.3, 0.4) is 0 Å². The van der Waals surface area contributed by atoms with Gasteiger partial charge in [-0.1, -0.05) is 25.0 Å². The zero-order chi connectivity index (χ0) is 18.0. The van der Waals surface area contributed by atoms with E-state index < -0.39 is 36.5 Å². The molecule has 1 heterocycles. The Morgan fingerprint density at radius 1 is 1.28 bits per heavy atom. The van der Waals surface area contributed by atoms with E-state index in [-0.39, 0.29) is 11.4 Å². The number of carbonyl (C=O) groups excluding carboxylic acids is 3. The Bertz CT molecular complexity index is 704. The van der Waals surface area contributed by atoms with Crippen molar-refractivity contribution in [3.8, 4) is 5.75 Å². The number of urea groups is 1. The van der Waals surface area contributed by atoms with E-state index in [9.17, 15) is 23.2 Å². The Morgan fingerprint density at radius 2 is 1.96 bits per heavy atom. The third kappa shape index (κ3) is 3.40. The van der Waals surface area contributed by atoms with Crippen molar-refractivity contribution in [3.63, 3.8) is 0 Å². The highest BCUT2D eigenvalue weighted by molar-refractivity contribution is 6.10. The maximum absolute atomic E-state index is 12.5. The van der Waals surface area contributed by atoms with E-state index in [4.69, 9.17) is 0 Å². The molecule has 0 aromatic heterocycles. The monoisotopic (exact) mass is 353 g/mol. The van der Waals surface area contributed by atoms with E-state index in [0.717, 1.165) is 17.7 Å². The third-order valence-corrected chi connectivity index (χ3v) is 4.38. The van der Waals surface area contributed by atoms with Crippen molar-refractivity contribution in [2.75, 3.05) is 11.9 Å². The molecule has 1 aromatic carbocycles. The Hall–Kier alpha value is -2.71. The van der Waals surface area contributed by atoms with Crippen LogP contribution in [0.4, 0.5) is 19.3 Å². The van der Waals surface area contributed by atoms with Crippen LogP contribution in [0.1, 0.15) is 25.7 Å². The lowest BCUT2D eigenvalue weighted by Crippen LogP contribution is -2.44. The molecule has 3 rings (SSSR count).